The topological polar surface area (TPSA) is 251 Å². The van der Waals surface area contributed by atoms with Gasteiger partial charge in [0.05, 0.1) is 18.6 Å². The van der Waals surface area contributed by atoms with Gasteiger partial charge in [-0.2, -0.15) is 0 Å². The third-order valence-electron chi connectivity index (χ3n) is 3.84. The maximum absolute atomic E-state index is 12.4. The predicted octanol–water partition coefficient (Wildman–Crippen LogP) is -4.01. The highest BCUT2D eigenvalue weighted by molar-refractivity contribution is 5.94. The molecule has 0 saturated heterocycles. The van der Waals surface area contributed by atoms with Gasteiger partial charge < -0.3 is 42.7 Å². The summed E-state index contributed by atoms with van der Waals surface area (Å²) in [6, 6.07) is -5.73. The van der Waals surface area contributed by atoms with E-state index in [1.165, 1.54) is 6.92 Å². The molecule has 30 heavy (non-hydrogen) atoms. The summed E-state index contributed by atoms with van der Waals surface area (Å²) in [6.45, 7) is 2.37. The average molecular weight is 433 g/mol. The van der Waals surface area contributed by atoms with Crippen LogP contribution in [0.1, 0.15) is 33.1 Å². The molecular weight excluding hydrogens is 406 g/mol. The van der Waals surface area contributed by atoms with Crippen molar-refractivity contribution >= 4 is 35.6 Å². The Morgan fingerprint density at radius 2 is 1.47 bits per heavy atom. The Hall–Kier alpha value is -3.26. The molecule has 0 aromatic carbocycles. The number of rotatable bonds is 13. The summed E-state index contributed by atoms with van der Waals surface area (Å²) in [7, 11) is 0. The largest absolute Gasteiger partial charge is 0.481 e. The van der Waals surface area contributed by atoms with E-state index in [9.17, 15) is 33.9 Å². The van der Waals surface area contributed by atoms with Crippen LogP contribution in [-0.2, 0) is 28.8 Å². The minimum absolute atomic E-state index is 0.280. The molecule has 5 unspecified atom stereocenters. The van der Waals surface area contributed by atoms with Gasteiger partial charge in [0.25, 0.3) is 0 Å². The Morgan fingerprint density at radius 3 is 1.90 bits per heavy atom. The van der Waals surface area contributed by atoms with Crippen LogP contribution in [0.25, 0.3) is 0 Å². The molecule has 10 N–H and O–H groups in total. The van der Waals surface area contributed by atoms with E-state index in [0.717, 1.165) is 6.92 Å². The van der Waals surface area contributed by atoms with Gasteiger partial charge in [0.2, 0.25) is 23.6 Å². The van der Waals surface area contributed by atoms with Crippen molar-refractivity contribution in [2.45, 2.75) is 63.4 Å². The van der Waals surface area contributed by atoms with Gasteiger partial charge >= 0.3 is 11.9 Å². The number of primary amides is 1. The second kappa shape index (κ2) is 12.3. The highest BCUT2D eigenvalue weighted by Gasteiger charge is 2.31. The van der Waals surface area contributed by atoms with E-state index in [-0.39, 0.29) is 12.8 Å². The zero-order chi connectivity index (χ0) is 23.6. The summed E-state index contributed by atoms with van der Waals surface area (Å²) in [4.78, 5) is 69.2. The van der Waals surface area contributed by atoms with Crippen LogP contribution < -0.4 is 27.4 Å². The number of aliphatic carboxylic acids is 2. The van der Waals surface area contributed by atoms with E-state index in [2.05, 4.69) is 10.6 Å². The van der Waals surface area contributed by atoms with Crippen molar-refractivity contribution < 1.29 is 44.1 Å². The summed E-state index contributed by atoms with van der Waals surface area (Å²) in [5.74, 6) is -6.43. The van der Waals surface area contributed by atoms with E-state index in [1.54, 1.807) is 0 Å². The summed E-state index contributed by atoms with van der Waals surface area (Å²) >= 11 is 0. The van der Waals surface area contributed by atoms with Gasteiger partial charge in [-0.25, -0.2) is 4.79 Å². The van der Waals surface area contributed by atoms with Gasteiger partial charge in [-0.3, -0.25) is 24.0 Å². The number of nitrogens with one attached hydrogen (secondary N) is 3. The van der Waals surface area contributed by atoms with Crippen molar-refractivity contribution in [2.24, 2.45) is 11.5 Å². The molecule has 0 rings (SSSR count). The molecule has 0 aliphatic rings. The molecule has 0 radical (unpaired) electrons. The van der Waals surface area contributed by atoms with E-state index < -0.39 is 72.3 Å². The Labute approximate surface area is 171 Å². The molecule has 0 aliphatic carbocycles. The molecule has 0 aliphatic heterocycles. The molecule has 14 heteroatoms. The van der Waals surface area contributed by atoms with E-state index >= 15 is 0 Å². The second-order valence-electron chi connectivity index (χ2n) is 6.57. The summed E-state index contributed by atoms with van der Waals surface area (Å²) in [5.41, 5.74) is 10.4. The summed E-state index contributed by atoms with van der Waals surface area (Å²) in [6.07, 6.45) is -2.72. The van der Waals surface area contributed by atoms with Crippen molar-refractivity contribution in [2.75, 3.05) is 0 Å². The van der Waals surface area contributed by atoms with Crippen LogP contribution in [0.5, 0.6) is 0 Å². The third-order valence-corrected chi connectivity index (χ3v) is 3.84. The number of carboxylic acid groups (broad SMARTS) is 2. The number of carbonyl (C=O) groups is 6. The van der Waals surface area contributed by atoms with Gasteiger partial charge in [-0.15, -0.1) is 0 Å². The lowest BCUT2D eigenvalue weighted by molar-refractivity contribution is -0.145. The van der Waals surface area contributed by atoms with Crippen LogP contribution in [0.15, 0.2) is 0 Å². The van der Waals surface area contributed by atoms with Crippen LogP contribution in [0.2, 0.25) is 0 Å². The average Bonchev–Trinajstić information content (AvgIpc) is 2.60. The van der Waals surface area contributed by atoms with Crippen molar-refractivity contribution in [3.63, 3.8) is 0 Å². The van der Waals surface area contributed by atoms with E-state index in [1.807, 2.05) is 5.32 Å². The summed E-state index contributed by atoms with van der Waals surface area (Å²) < 4.78 is 0. The molecular formula is C16H27N5O9. The van der Waals surface area contributed by atoms with Crippen LogP contribution >= 0.6 is 0 Å². The van der Waals surface area contributed by atoms with Gasteiger partial charge in [-0.1, -0.05) is 0 Å². The normalized spacial score (nSPS) is 15.6. The number of aliphatic hydroxyl groups excluding tert-OH is 1. The molecule has 0 bridgehead atoms. The Kier molecular flexibility index (Phi) is 11.0. The van der Waals surface area contributed by atoms with Crippen molar-refractivity contribution in [1.29, 1.82) is 0 Å². The Morgan fingerprint density at radius 1 is 0.900 bits per heavy atom. The van der Waals surface area contributed by atoms with Crippen LogP contribution in [0, 0.1) is 0 Å². The Balaban J connectivity index is 5.17. The predicted molar refractivity (Wildman–Crippen MR) is 99.4 cm³/mol. The maximum Gasteiger partial charge on any atom is 0.328 e. The van der Waals surface area contributed by atoms with Crippen LogP contribution in [-0.4, -0.2) is 81.2 Å². The fraction of sp³-hybridized carbons (Fsp3) is 0.625. The van der Waals surface area contributed by atoms with Crippen molar-refractivity contribution in [3.05, 3.63) is 0 Å². The number of carbonyl (C=O) groups excluding carboxylic acids is 4. The standard InChI is InChI=1S/C16H27N5O9/c1-6(19-14(27)8(17)5-11(24)25)13(26)20-9(3-4-10(18)23)15(28)21-12(7(2)22)16(29)30/h6-9,12,22H,3-5,17H2,1-2H3,(H2,18,23)(H,19,27)(H,20,26)(H,21,28)(H,24,25)(H,29,30). The number of amides is 4. The first-order chi connectivity index (χ1) is 13.8. The molecule has 0 fully saturated rings. The fourth-order valence-electron chi connectivity index (χ4n) is 2.16. The molecule has 170 valence electrons. The molecule has 0 aromatic rings. The first-order valence-electron chi connectivity index (χ1n) is 8.83. The lowest BCUT2D eigenvalue weighted by Gasteiger charge is -2.24. The van der Waals surface area contributed by atoms with Gasteiger partial charge in [-0.05, 0) is 20.3 Å². The van der Waals surface area contributed by atoms with Crippen molar-refractivity contribution in [1.82, 2.24) is 16.0 Å². The molecule has 0 heterocycles. The zero-order valence-corrected chi connectivity index (χ0v) is 16.5. The summed E-state index contributed by atoms with van der Waals surface area (Å²) in [5, 5.41) is 33.6. The quantitative estimate of drug-likeness (QED) is 0.140. The molecule has 0 saturated carbocycles. The minimum atomic E-state index is -1.67. The van der Waals surface area contributed by atoms with Crippen molar-refractivity contribution in [3.8, 4) is 0 Å². The SMILES string of the molecule is CC(NC(=O)C(N)CC(=O)O)C(=O)NC(CCC(N)=O)C(=O)NC(C(=O)O)C(C)O. The first-order valence-corrected chi connectivity index (χ1v) is 8.83. The highest BCUT2D eigenvalue weighted by atomic mass is 16.4. The van der Waals surface area contributed by atoms with Crippen LogP contribution in [0.3, 0.4) is 0 Å². The monoisotopic (exact) mass is 433 g/mol. The lowest BCUT2D eigenvalue weighted by atomic mass is 10.1. The molecule has 0 aromatic heterocycles. The number of aliphatic hydroxyl groups is 1. The van der Waals surface area contributed by atoms with E-state index in [4.69, 9.17) is 21.7 Å². The van der Waals surface area contributed by atoms with Gasteiger partial charge in [0.15, 0.2) is 6.04 Å². The smallest absolute Gasteiger partial charge is 0.328 e. The fourth-order valence-corrected chi connectivity index (χ4v) is 2.16. The second-order valence-corrected chi connectivity index (χ2v) is 6.57. The third kappa shape index (κ3) is 9.79. The van der Waals surface area contributed by atoms with E-state index in [0.29, 0.717) is 0 Å². The number of hydrogen-bond donors (Lipinski definition) is 8. The van der Waals surface area contributed by atoms with Gasteiger partial charge in [0, 0.05) is 6.42 Å². The Bertz CT molecular complexity index is 682. The molecule has 0 spiro atoms. The van der Waals surface area contributed by atoms with Crippen LogP contribution in [0.4, 0.5) is 0 Å². The maximum atomic E-state index is 12.4. The number of hydrogen-bond acceptors (Lipinski definition) is 8. The minimum Gasteiger partial charge on any atom is -0.481 e. The molecule has 14 nitrogen and oxygen atoms in total. The van der Waals surface area contributed by atoms with Gasteiger partial charge in [0.1, 0.15) is 12.1 Å². The zero-order valence-electron chi connectivity index (χ0n) is 16.5. The lowest BCUT2D eigenvalue weighted by Crippen LogP contribution is -2.57. The molecule has 4 amide bonds. The number of nitrogens with two attached hydrogens (primary N) is 2. The highest BCUT2D eigenvalue weighted by Crippen LogP contribution is 2.02. The number of carboxylic acids is 2. The first kappa shape index (κ1) is 26.7. The molecule has 5 atom stereocenters.